The number of aliphatic hydroxyl groups is 1. The Morgan fingerprint density at radius 3 is 2.22 bits per heavy atom. The van der Waals surface area contributed by atoms with E-state index in [0.29, 0.717) is 6.61 Å². The van der Waals surface area contributed by atoms with Crippen LogP contribution < -0.4 is 11.2 Å². The summed E-state index contributed by atoms with van der Waals surface area (Å²) in [5.41, 5.74) is 2.52. The highest BCUT2D eigenvalue weighted by Crippen LogP contribution is 2.66. The lowest BCUT2D eigenvalue weighted by Gasteiger charge is -2.33. The molecule has 0 aliphatic carbocycles. The molecule has 0 bridgehead atoms. The van der Waals surface area contributed by atoms with E-state index in [2.05, 4.69) is 29.6 Å². The van der Waals surface area contributed by atoms with E-state index < -0.39 is 68.1 Å². The zero-order valence-electron chi connectivity index (χ0n) is 24.6. The molecule has 45 heavy (non-hydrogen) atoms. The Bertz CT molecular complexity index is 1660. The number of phosphoric ester groups is 1. The van der Waals surface area contributed by atoms with Gasteiger partial charge < -0.3 is 33.8 Å². The van der Waals surface area contributed by atoms with Gasteiger partial charge in [0.25, 0.3) is 13.9 Å². The number of aromatic amines is 1. The van der Waals surface area contributed by atoms with Crippen LogP contribution in [0.2, 0.25) is 11.1 Å². The van der Waals surface area contributed by atoms with Crippen molar-refractivity contribution in [1.82, 2.24) is 9.55 Å². The van der Waals surface area contributed by atoms with Crippen LogP contribution in [0, 0.1) is 11.5 Å². The number of H-pyrrole nitrogens is 1. The molecule has 17 nitrogen and oxygen atoms in total. The second kappa shape index (κ2) is 14.8. The number of phosphoric acid groups is 3. The molecular formula is C24H35N2O15P3Si. The van der Waals surface area contributed by atoms with Crippen LogP contribution in [-0.2, 0) is 42.6 Å². The second-order valence-corrected chi connectivity index (χ2v) is 19.5. The molecule has 1 aromatic carbocycles. The van der Waals surface area contributed by atoms with Crippen molar-refractivity contribution in [1.29, 1.82) is 0 Å². The Hall–Kier alpha value is -2.03. The summed E-state index contributed by atoms with van der Waals surface area (Å²) in [4.78, 5) is 63.7. The number of ether oxygens (including phenoxy) is 1. The van der Waals surface area contributed by atoms with Crippen LogP contribution in [0.15, 0.2) is 46.1 Å². The van der Waals surface area contributed by atoms with Crippen LogP contribution in [0.5, 0.6) is 0 Å². The molecule has 1 aliphatic rings. The Kier molecular flexibility index (Phi) is 12.3. The highest BCUT2D eigenvalue weighted by molar-refractivity contribution is 7.66. The number of hydrogen-bond acceptors (Lipinski definition) is 11. The maximum absolute atomic E-state index is 12.7. The highest BCUT2D eigenvalue weighted by atomic mass is 31.3. The van der Waals surface area contributed by atoms with E-state index >= 15 is 0 Å². The van der Waals surface area contributed by atoms with Crippen LogP contribution in [-0.4, -0.2) is 61.4 Å². The molecule has 0 saturated carbocycles. The van der Waals surface area contributed by atoms with Crippen LogP contribution >= 0.6 is 23.5 Å². The topological polar surface area (TPSA) is 253 Å². The molecular weight excluding hydrogens is 677 g/mol. The van der Waals surface area contributed by atoms with Crippen molar-refractivity contribution in [3.8, 4) is 11.5 Å². The van der Waals surface area contributed by atoms with Crippen LogP contribution in [0.3, 0.4) is 0 Å². The molecule has 5 atom stereocenters. The van der Waals surface area contributed by atoms with E-state index in [1.807, 2.05) is 58.0 Å². The predicted molar refractivity (Wildman–Crippen MR) is 160 cm³/mol. The summed E-state index contributed by atoms with van der Waals surface area (Å²) >= 11 is 0. The minimum Gasteiger partial charge on any atom is -0.400 e. The van der Waals surface area contributed by atoms with Crippen molar-refractivity contribution in [3.05, 3.63) is 68.5 Å². The maximum atomic E-state index is 12.7. The van der Waals surface area contributed by atoms with Gasteiger partial charge in [-0.2, -0.15) is 8.62 Å². The first-order chi connectivity index (χ1) is 20.7. The molecule has 21 heteroatoms. The smallest absolute Gasteiger partial charge is 0.400 e. The molecule has 1 aromatic heterocycles. The van der Waals surface area contributed by atoms with Gasteiger partial charge in [-0.3, -0.25) is 18.9 Å². The minimum atomic E-state index is -5.74. The molecule has 2 unspecified atom stereocenters. The van der Waals surface area contributed by atoms with Gasteiger partial charge in [0.15, 0.2) is 0 Å². The fourth-order valence-electron chi connectivity index (χ4n) is 4.56. The zero-order chi connectivity index (χ0) is 33.8. The number of nitrogens with zero attached hydrogens (tertiary/aromatic N) is 1. The Morgan fingerprint density at radius 2 is 1.64 bits per heavy atom. The largest absolute Gasteiger partial charge is 0.490 e. The minimum absolute atomic E-state index is 0.0299. The molecule has 0 amide bonds. The first-order valence-corrected chi connectivity index (χ1v) is 20.0. The summed E-state index contributed by atoms with van der Waals surface area (Å²) in [6.45, 7) is 7.37. The van der Waals surface area contributed by atoms with Crippen LogP contribution in [0.4, 0.5) is 0 Å². The summed E-state index contributed by atoms with van der Waals surface area (Å²) in [6.07, 6.45) is -3.08. The van der Waals surface area contributed by atoms with Gasteiger partial charge in [0.05, 0.1) is 19.3 Å². The predicted octanol–water partition coefficient (Wildman–Crippen LogP) is 2.40. The van der Waals surface area contributed by atoms with Gasteiger partial charge in [0.1, 0.15) is 17.9 Å². The van der Waals surface area contributed by atoms with Crippen LogP contribution in [0.1, 0.15) is 51.5 Å². The molecule has 1 saturated heterocycles. The third kappa shape index (κ3) is 10.5. The molecule has 250 valence electrons. The molecule has 1 aliphatic heterocycles. The fraction of sp³-hybridized carbons (Fsp3) is 0.500. The number of benzene rings is 1. The molecule has 1 fully saturated rings. The number of nitrogens with one attached hydrogen (secondary N) is 1. The quantitative estimate of drug-likeness (QED) is 0.0991. The van der Waals surface area contributed by atoms with Crippen LogP contribution in [0.25, 0.3) is 0 Å². The lowest BCUT2D eigenvalue weighted by atomic mass is 10.2. The van der Waals surface area contributed by atoms with Gasteiger partial charge in [-0.05, 0) is 16.6 Å². The average Bonchev–Trinajstić information content (AvgIpc) is 3.26. The summed E-state index contributed by atoms with van der Waals surface area (Å²) in [5, 5.41) is 10.4. The molecule has 0 spiro atoms. The Labute approximate surface area is 258 Å². The third-order valence-electron chi connectivity index (χ3n) is 6.73. The van der Waals surface area contributed by atoms with Crippen molar-refractivity contribution >= 4 is 31.8 Å². The molecule has 2 aromatic rings. The summed E-state index contributed by atoms with van der Waals surface area (Å²) < 4.78 is 59.2. The first kappa shape index (κ1) is 37.4. The highest BCUT2D eigenvalue weighted by Gasteiger charge is 2.43. The summed E-state index contributed by atoms with van der Waals surface area (Å²) in [5.74, 6) is 2.89. The number of rotatable bonds is 13. The van der Waals surface area contributed by atoms with Crippen molar-refractivity contribution < 1.29 is 60.7 Å². The van der Waals surface area contributed by atoms with Crippen molar-refractivity contribution in [2.45, 2.75) is 70.2 Å². The van der Waals surface area contributed by atoms with E-state index in [9.17, 15) is 38.2 Å². The molecule has 6 N–H and O–H groups in total. The van der Waals surface area contributed by atoms with Gasteiger partial charge in [-0.25, -0.2) is 18.5 Å². The van der Waals surface area contributed by atoms with Gasteiger partial charge >= 0.3 is 29.2 Å². The van der Waals surface area contributed by atoms with E-state index in [1.165, 1.54) is 0 Å². The molecule has 0 radical (unpaired) electrons. The SMILES string of the molecule is CC(C)[Si](C#Cc1cn([C@H]2C[C@@H](O)[C@@H](COP(=O)(O)OP(=O)(O)OP(=O)(O)O)O2)c(=O)[nH]c1=O)(OCc1ccccc1)C(C)C. The van der Waals surface area contributed by atoms with E-state index in [0.717, 1.165) is 16.3 Å². The molecule has 2 heterocycles. The van der Waals surface area contributed by atoms with E-state index in [4.69, 9.17) is 18.9 Å². The third-order valence-corrected chi connectivity index (χ3v) is 15.1. The second-order valence-electron chi connectivity index (χ2n) is 10.7. The van der Waals surface area contributed by atoms with Gasteiger partial charge in [0, 0.05) is 12.6 Å². The normalized spacial score (nSPS) is 21.7. The van der Waals surface area contributed by atoms with Crippen molar-refractivity contribution in [2.75, 3.05) is 6.61 Å². The van der Waals surface area contributed by atoms with Gasteiger partial charge in [0.2, 0.25) is 0 Å². The summed E-state index contributed by atoms with van der Waals surface area (Å²) in [6, 6.07) is 9.55. The van der Waals surface area contributed by atoms with Crippen molar-refractivity contribution in [3.63, 3.8) is 0 Å². The maximum Gasteiger partial charge on any atom is 0.490 e. The lowest BCUT2D eigenvalue weighted by molar-refractivity contribution is -0.0450. The monoisotopic (exact) mass is 712 g/mol. The fourth-order valence-corrected chi connectivity index (χ4v) is 11.0. The standard InChI is InChI=1S/C24H35N2O15P3Si/c1-16(2)45(17(3)4,38-14-18-8-6-5-7-9-18)11-10-19-13-26(24(29)25-23(19)28)22-12-20(27)21(39-22)15-37-43(33,34)41-44(35,36)40-42(30,31)32/h5-9,13,16-17,20-22,27H,12,14-15H2,1-4H3,(H,33,34)(H,35,36)(H,25,28,29)(H2,30,31,32)/t20-,21-,22-/m1/s1. The Balaban J connectivity index is 1.80. The Morgan fingerprint density at radius 1 is 1.02 bits per heavy atom. The van der Waals surface area contributed by atoms with E-state index in [1.54, 1.807) is 0 Å². The first-order valence-electron chi connectivity index (χ1n) is 13.4. The zero-order valence-corrected chi connectivity index (χ0v) is 28.3. The average molecular weight is 713 g/mol. The van der Waals surface area contributed by atoms with Gasteiger partial charge in [-0.15, -0.1) is 0 Å². The summed E-state index contributed by atoms with van der Waals surface area (Å²) in [7, 11) is -19.6. The number of aliphatic hydroxyl groups excluding tert-OH is 1. The van der Waals surface area contributed by atoms with E-state index in [-0.39, 0.29) is 23.1 Å². The van der Waals surface area contributed by atoms with Crippen molar-refractivity contribution in [2.24, 2.45) is 0 Å². The van der Waals surface area contributed by atoms with Gasteiger partial charge in [-0.1, -0.05) is 69.5 Å². The number of aromatic nitrogens is 2. The molecule has 3 rings (SSSR count). The number of hydrogen-bond donors (Lipinski definition) is 6. The lowest BCUT2D eigenvalue weighted by Crippen LogP contribution is -2.44.